The van der Waals surface area contributed by atoms with Crippen LogP contribution in [0.2, 0.25) is 0 Å². The van der Waals surface area contributed by atoms with Crippen molar-refractivity contribution in [2.75, 3.05) is 13.1 Å². The molecule has 0 saturated heterocycles. The second-order valence-corrected chi connectivity index (χ2v) is 15.7. The molecule has 0 aromatic rings. The van der Waals surface area contributed by atoms with Crippen LogP contribution in [0.3, 0.4) is 0 Å². The summed E-state index contributed by atoms with van der Waals surface area (Å²) in [7, 11) is 0. The molecule has 0 aromatic carbocycles. The molecule has 0 radical (unpaired) electrons. The maximum atomic E-state index is 10.4. The summed E-state index contributed by atoms with van der Waals surface area (Å²) in [5.41, 5.74) is 1.09. The van der Waals surface area contributed by atoms with E-state index in [4.69, 9.17) is 0 Å². The van der Waals surface area contributed by atoms with Crippen LogP contribution in [0.15, 0.2) is 12.4 Å². The highest BCUT2D eigenvalue weighted by Crippen LogP contribution is 2.68. The Hall–Kier alpha value is 0.0300. The third kappa shape index (κ3) is 5.51. The number of halogens is 1. The predicted molar refractivity (Wildman–Crippen MR) is 164 cm³/mol. The smallest absolute Gasteiger partial charge is 0.154 e. The summed E-state index contributed by atoms with van der Waals surface area (Å²) in [6, 6.07) is 0. The predicted octanol–water partition coefficient (Wildman–Crippen LogP) is 8.81. The Kier molecular flexibility index (Phi) is 9.16. The second-order valence-electron chi connectivity index (χ2n) is 14.6. The van der Waals surface area contributed by atoms with Gasteiger partial charge >= 0.3 is 0 Å². The minimum Gasteiger partial charge on any atom is -0.393 e. The van der Waals surface area contributed by atoms with Crippen molar-refractivity contribution in [3.8, 4) is 0 Å². The number of alkyl halides is 1. The van der Waals surface area contributed by atoms with Crippen LogP contribution in [0.1, 0.15) is 124 Å². The summed E-state index contributed by atoms with van der Waals surface area (Å²) in [5.74, 6) is 5.42. The molecule has 0 spiro atoms. The van der Waals surface area contributed by atoms with Gasteiger partial charge in [0.25, 0.3) is 0 Å². The third-order valence-corrected chi connectivity index (χ3v) is 14.2. The summed E-state index contributed by atoms with van der Waals surface area (Å²) in [6.07, 6.45) is 25.0. The maximum absolute atomic E-state index is 10.4. The molecule has 10 atom stereocenters. The highest BCUT2D eigenvalue weighted by Gasteiger charge is 2.60. The number of unbranched alkanes of at least 4 members (excludes halogenated alkanes) is 3. The fourth-order valence-corrected chi connectivity index (χ4v) is 11.5. The monoisotopic (exact) mass is 624 g/mol. The molecule has 1 N–H and O–H groups in total. The molecule has 4 saturated carbocycles. The molecule has 37 heavy (non-hydrogen) atoms. The van der Waals surface area contributed by atoms with Gasteiger partial charge in [0.2, 0.25) is 0 Å². The zero-order chi connectivity index (χ0) is 26.2. The van der Waals surface area contributed by atoms with Gasteiger partial charge < -0.3 is 14.9 Å². The average molecular weight is 625 g/mol. The summed E-state index contributed by atoms with van der Waals surface area (Å²) in [4.78, 5) is 5.13. The minimum absolute atomic E-state index is 0.0207. The molecule has 1 heterocycles. The van der Waals surface area contributed by atoms with Crippen LogP contribution in [-0.4, -0.2) is 38.3 Å². The van der Waals surface area contributed by atoms with Gasteiger partial charge in [0.1, 0.15) is 0 Å². The molecule has 1 unspecified atom stereocenters. The number of nitrogens with zero attached hydrogens (tertiary/aromatic N) is 2. The standard InChI is InChI=1S/C33H57IN2O/c1-5-6-7-8-19-35-21-22-36(31(35)34)20-9-10-24(2)28-13-14-29-27-12-11-25-23-26(37)15-17-32(25,3)30(27)16-18-33(28,29)4/h21-22,24-31,37H,5-20,23H2,1-4H3/t24-,25-,26-,27+,28-,29+,30+,31?,32+,33-/m1/s1. The van der Waals surface area contributed by atoms with E-state index in [-0.39, 0.29) is 6.10 Å². The van der Waals surface area contributed by atoms with Gasteiger partial charge in [-0.25, -0.2) is 0 Å². The van der Waals surface area contributed by atoms with Crippen LogP contribution in [0.5, 0.6) is 0 Å². The first-order valence-corrected chi connectivity index (χ1v) is 17.5. The number of aliphatic hydroxyl groups is 1. The number of fused-ring (bicyclic) bond motifs is 5. The normalized spacial score (nSPS) is 44.0. The van der Waals surface area contributed by atoms with Gasteiger partial charge in [-0.15, -0.1) is 0 Å². The first-order valence-electron chi connectivity index (χ1n) is 16.3. The number of hydrogen-bond acceptors (Lipinski definition) is 3. The molecule has 5 aliphatic rings. The Morgan fingerprint density at radius 3 is 2.32 bits per heavy atom. The SMILES string of the molecule is CCCCCCN1C=CN(CCC[C@@H](C)[C@H]2CC[C@H]3[C@@H]4CC[C@@H]5C[C@H](O)CC[C@]5(C)[C@H]4CC[C@]23C)C1I. The van der Waals surface area contributed by atoms with E-state index in [1.54, 1.807) is 0 Å². The van der Waals surface area contributed by atoms with E-state index in [2.05, 4.69) is 72.5 Å². The molecule has 0 amide bonds. The lowest BCUT2D eigenvalue weighted by molar-refractivity contribution is -0.129. The summed E-state index contributed by atoms with van der Waals surface area (Å²) >= 11 is 2.65. The van der Waals surface area contributed by atoms with Gasteiger partial charge in [0, 0.05) is 25.5 Å². The summed E-state index contributed by atoms with van der Waals surface area (Å²) in [6.45, 7) is 12.7. The zero-order valence-corrected chi connectivity index (χ0v) is 26.7. The van der Waals surface area contributed by atoms with Crippen LogP contribution in [-0.2, 0) is 0 Å². The second kappa shape index (κ2) is 11.9. The van der Waals surface area contributed by atoms with Crippen molar-refractivity contribution in [2.24, 2.45) is 46.3 Å². The molecule has 0 aromatic heterocycles. The van der Waals surface area contributed by atoms with E-state index in [0.29, 0.717) is 15.0 Å². The first-order chi connectivity index (χ1) is 17.8. The highest BCUT2D eigenvalue weighted by atomic mass is 127. The molecule has 4 aliphatic carbocycles. The molecule has 3 nitrogen and oxygen atoms in total. The summed E-state index contributed by atoms with van der Waals surface area (Å²) in [5, 5.41) is 10.4. The van der Waals surface area contributed by atoms with Crippen molar-refractivity contribution < 1.29 is 5.11 Å². The van der Waals surface area contributed by atoms with E-state index < -0.39 is 0 Å². The lowest BCUT2D eigenvalue weighted by atomic mass is 9.44. The van der Waals surface area contributed by atoms with Crippen LogP contribution in [0, 0.1) is 46.3 Å². The van der Waals surface area contributed by atoms with Crippen LogP contribution in [0.4, 0.5) is 0 Å². The minimum atomic E-state index is -0.0207. The van der Waals surface area contributed by atoms with Crippen LogP contribution in [0.25, 0.3) is 0 Å². The van der Waals surface area contributed by atoms with Gasteiger partial charge in [-0.1, -0.05) is 47.0 Å². The molecular formula is C33H57IN2O. The van der Waals surface area contributed by atoms with E-state index in [0.717, 1.165) is 48.3 Å². The maximum Gasteiger partial charge on any atom is 0.154 e. The molecule has 4 heteroatoms. The van der Waals surface area contributed by atoms with Crippen molar-refractivity contribution >= 4 is 22.6 Å². The van der Waals surface area contributed by atoms with E-state index in [1.165, 1.54) is 96.6 Å². The van der Waals surface area contributed by atoms with Crippen LogP contribution < -0.4 is 0 Å². The van der Waals surface area contributed by atoms with Crippen molar-refractivity contribution in [3.05, 3.63) is 12.4 Å². The molecule has 1 aliphatic heterocycles. The van der Waals surface area contributed by atoms with E-state index >= 15 is 0 Å². The quantitative estimate of drug-likeness (QED) is 0.114. The van der Waals surface area contributed by atoms with E-state index in [1.807, 2.05) is 0 Å². The molecule has 5 rings (SSSR count). The molecule has 4 fully saturated rings. The summed E-state index contributed by atoms with van der Waals surface area (Å²) < 4.78 is 0.510. The topological polar surface area (TPSA) is 26.7 Å². The highest BCUT2D eigenvalue weighted by molar-refractivity contribution is 14.1. The Morgan fingerprint density at radius 2 is 1.57 bits per heavy atom. The Morgan fingerprint density at radius 1 is 0.865 bits per heavy atom. The Labute approximate surface area is 242 Å². The Balaban J connectivity index is 1.12. The third-order valence-electron chi connectivity index (χ3n) is 12.7. The Bertz CT molecular complexity index is 788. The van der Waals surface area contributed by atoms with Crippen molar-refractivity contribution in [1.29, 1.82) is 0 Å². The number of aliphatic hydroxyl groups excluding tert-OH is 1. The molecule has 212 valence electrons. The number of rotatable bonds is 10. The van der Waals surface area contributed by atoms with Gasteiger partial charge in [0.05, 0.1) is 6.10 Å². The first kappa shape index (κ1) is 28.6. The van der Waals surface area contributed by atoms with Gasteiger partial charge in [-0.2, -0.15) is 0 Å². The lowest BCUT2D eigenvalue weighted by Gasteiger charge is -2.61. The fourth-order valence-electron chi connectivity index (χ4n) is 10.6. The fraction of sp³-hybridized carbons (Fsp3) is 0.939. The van der Waals surface area contributed by atoms with Gasteiger partial charge in [-0.3, -0.25) is 0 Å². The number of hydrogen-bond donors (Lipinski definition) is 1. The molecule has 0 bridgehead atoms. The largest absolute Gasteiger partial charge is 0.393 e. The van der Waals surface area contributed by atoms with Gasteiger partial charge in [-0.05, 0) is 146 Å². The zero-order valence-electron chi connectivity index (χ0n) is 24.5. The van der Waals surface area contributed by atoms with Crippen LogP contribution >= 0.6 is 22.6 Å². The van der Waals surface area contributed by atoms with Crippen molar-refractivity contribution in [2.45, 2.75) is 134 Å². The lowest BCUT2D eigenvalue weighted by Crippen LogP contribution is -2.54. The van der Waals surface area contributed by atoms with Gasteiger partial charge in [0.15, 0.2) is 4.17 Å². The van der Waals surface area contributed by atoms with Crippen molar-refractivity contribution in [3.63, 3.8) is 0 Å². The van der Waals surface area contributed by atoms with E-state index in [9.17, 15) is 5.11 Å². The van der Waals surface area contributed by atoms with Crippen molar-refractivity contribution in [1.82, 2.24) is 9.80 Å². The average Bonchev–Trinajstić information content (AvgIpc) is 3.41. The molecular weight excluding hydrogens is 567 g/mol.